The molecule has 0 N–H and O–H groups in total. The Bertz CT molecular complexity index is 660. The van der Waals surface area contributed by atoms with Crippen LogP contribution in [0.4, 0.5) is 0 Å². The van der Waals surface area contributed by atoms with Crippen LogP contribution in [0, 0.1) is 0 Å². The molecule has 2 aromatic rings. The van der Waals surface area contributed by atoms with Crippen molar-refractivity contribution in [1.29, 1.82) is 0 Å². The van der Waals surface area contributed by atoms with Gasteiger partial charge in [0.2, 0.25) is 0 Å². The minimum absolute atomic E-state index is 0.318. The lowest BCUT2D eigenvalue weighted by Crippen LogP contribution is -2.23. The minimum Gasteiger partial charge on any atom is -0.0622 e. The van der Waals surface area contributed by atoms with Crippen LogP contribution in [0.1, 0.15) is 55.9 Å². The number of hydrogen-bond acceptors (Lipinski definition) is 0. The molecule has 0 amide bonds. The van der Waals surface area contributed by atoms with Crippen LogP contribution < -0.4 is 0 Å². The van der Waals surface area contributed by atoms with E-state index in [-0.39, 0.29) is 0 Å². The molecule has 21 heavy (non-hydrogen) atoms. The Balaban J connectivity index is 1.98. The Labute approximate surface area is 128 Å². The Morgan fingerprint density at radius 2 is 1.81 bits per heavy atom. The third-order valence-corrected chi connectivity index (χ3v) is 4.72. The van der Waals surface area contributed by atoms with Gasteiger partial charge in [-0.3, -0.25) is 0 Å². The Kier molecular flexibility index (Phi) is 3.71. The first kappa shape index (κ1) is 14.1. The normalized spacial score (nSPS) is 17.4. The summed E-state index contributed by atoms with van der Waals surface area (Å²) in [6.45, 7) is 6.95. The van der Waals surface area contributed by atoms with E-state index >= 15 is 0 Å². The first-order valence-corrected chi connectivity index (χ1v) is 7.93. The van der Waals surface area contributed by atoms with Gasteiger partial charge in [0.15, 0.2) is 0 Å². The fraction of sp³-hybridized carbons (Fsp3) is 0.333. The standard InChI is InChI=1S/C21H24/c1-16(18-8-5-4-6-9-18)14-17-11-12-19-10-7-13-21(2,3)20(19)15-17/h4-6,8-9,11-12,14-15H,7,10,13H2,1-3H3. The van der Waals surface area contributed by atoms with Crippen molar-refractivity contribution in [1.82, 2.24) is 0 Å². The van der Waals surface area contributed by atoms with Crippen molar-refractivity contribution in [2.75, 3.05) is 0 Å². The van der Waals surface area contributed by atoms with Gasteiger partial charge in [-0.05, 0) is 59.4 Å². The van der Waals surface area contributed by atoms with Gasteiger partial charge in [0.25, 0.3) is 0 Å². The second-order valence-corrected chi connectivity index (χ2v) is 6.85. The zero-order chi connectivity index (χ0) is 14.9. The predicted molar refractivity (Wildman–Crippen MR) is 92.4 cm³/mol. The van der Waals surface area contributed by atoms with Crippen molar-refractivity contribution in [2.24, 2.45) is 0 Å². The van der Waals surface area contributed by atoms with E-state index in [1.807, 2.05) is 0 Å². The predicted octanol–water partition coefficient (Wildman–Crippen LogP) is 5.86. The fourth-order valence-corrected chi connectivity index (χ4v) is 3.42. The molecule has 2 aromatic carbocycles. The van der Waals surface area contributed by atoms with E-state index in [2.05, 4.69) is 75.4 Å². The van der Waals surface area contributed by atoms with Gasteiger partial charge in [0.1, 0.15) is 0 Å². The van der Waals surface area contributed by atoms with Crippen molar-refractivity contribution in [3.8, 4) is 0 Å². The SMILES string of the molecule is CC(=Cc1ccc2c(c1)C(C)(C)CCC2)c1ccccc1. The van der Waals surface area contributed by atoms with Crippen molar-refractivity contribution in [3.05, 3.63) is 70.8 Å². The average molecular weight is 276 g/mol. The fourth-order valence-electron chi connectivity index (χ4n) is 3.42. The van der Waals surface area contributed by atoms with Gasteiger partial charge >= 0.3 is 0 Å². The topological polar surface area (TPSA) is 0 Å². The summed E-state index contributed by atoms with van der Waals surface area (Å²) in [5.41, 5.74) is 7.35. The number of rotatable bonds is 2. The van der Waals surface area contributed by atoms with Crippen molar-refractivity contribution >= 4 is 11.6 Å². The molecule has 0 atom stereocenters. The lowest BCUT2D eigenvalue weighted by Gasteiger charge is -2.32. The molecule has 0 aromatic heterocycles. The summed E-state index contributed by atoms with van der Waals surface area (Å²) in [7, 11) is 0. The number of allylic oxidation sites excluding steroid dienone is 1. The number of aryl methyl sites for hydroxylation is 1. The van der Waals surface area contributed by atoms with Crippen LogP contribution >= 0.6 is 0 Å². The van der Waals surface area contributed by atoms with Crippen LogP contribution in [-0.4, -0.2) is 0 Å². The third-order valence-electron chi connectivity index (χ3n) is 4.72. The molecule has 1 aliphatic carbocycles. The highest BCUT2D eigenvalue weighted by molar-refractivity contribution is 5.80. The lowest BCUT2D eigenvalue weighted by molar-refractivity contribution is 0.432. The molecule has 0 spiro atoms. The quantitative estimate of drug-likeness (QED) is 0.602. The van der Waals surface area contributed by atoms with E-state index in [4.69, 9.17) is 0 Å². The zero-order valence-corrected chi connectivity index (χ0v) is 13.3. The van der Waals surface area contributed by atoms with Crippen LogP contribution in [0.25, 0.3) is 11.6 Å². The highest BCUT2D eigenvalue weighted by Gasteiger charge is 2.27. The molecule has 0 bridgehead atoms. The van der Waals surface area contributed by atoms with Crippen LogP contribution in [-0.2, 0) is 11.8 Å². The monoisotopic (exact) mass is 276 g/mol. The van der Waals surface area contributed by atoms with E-state index in [9.17, 15) is 0 Å². The van der Waals surface area contributed by atoms with Gasteiger partial charge in [0, 0.05) is 0 Å². The van der Waals surface area contributed by atoms with Crippen LogP contribution in [0.3, 0.4) is 0 Å². The zero-order valence-electron chi connectivity index (χ0n) is 13.3. The molecule has 0 unspecified atom stereocenters. The van der Waals surface area contributed by atoms with Gasteiger partial charge < -0.3 is 0 Å². The minimum atomic E-state index is 0.318. The first-order valence-electron chi connectivity index (χ1n) is 7.93. The van der Waals surface area contributed by atoms with Crippen LogP contribution in [0.5, 0.6) is 0 Å². The van der Waals surface area contributed by atoms with Crippen molar-refractivity contribution in [3.63, 3.8) is 0 Å². The molecule has 0 radical (unpaired) electrons. The van der Waals surface area contributed by atoms with Crippen molar-refractivity contribution in [2.45, 2.75) is 45.4 Å². The third kappa shape index (κ3) is 2.95. The van der Waals surface area contributed by atoms with Crippen LogP contribution in [0.2, 0.25) is 0 Å². The van der Waals surface area contributed by atoms with Gasteiger partial charge in [-0.25, -0.2) is 0 Å². The van der Waals surface area contributed by atoms with Gasteiger partial charge in [-0.2, -0.15) is 0 Å². The van der Waals surface area contributed by atoms with E-state index < -0.39 is 0 Å². The number of hydrogen-bond donors (Lipinski definition) is 0. The molecule has 0 aliphatic heterocycles. The molecule has 0 heterocycles. The Morgan fingerprint density at radius 3 is 2.57 bits per heavy atom. The summed E-state index contributed by atoms with van der Waals surface area (Å²) >= 11 is 0. The average Bonchev–Trinajstić information content (AvgIpc) is 2.48. The molecule has 1 aliphatic rings. The summed E-state index contributed by atoms with van der Waals surface area (Å²) in [4.78, 5) is 0. The molecule has 0 fully saturated rings. The van der Waals surface area contributed by atoms with Gasteiger partial charge in [-0.1, -0.05) is 68.5 Å². The summed E-state index contributed by atoms with van der Waals surface area (Å²) in [6.07, 6.45) is 6.16. The van der Waals surface area contributed by atoms with E-state index in [0.29, 0.717) is 5.41 Å². The van der Waals surface area contributed by atoms with Gasteiger partial charge in [0.05, 0.1) is 0 Å². The Hall–Kier alpha value is -1.82. The first-order chi connectivity index (χ1) is 10.1. The molecular weight excluding hydrogens is 252 g/mol. The maximum atomic E-state index is 2.40. The molecule has 108 valence electrons. The summed E-state index contributed by atoms with van der Waals surface area (Å²) in [5.74, 6) is 0. The summed E-state index contributed by atoms with van der Waals surface area (Å²) in [6, 6.07) is 17.6. The number of fused-ring (bicyclic) bond motifs is 1. The summed E-state index contributed by atoms with van der Waals surface area (Å²) < 4.78 is 0. The largest absolute Gasteiger partial charge is 0.0622 e. The Morgan fingerprint density at radius 1 is 1.05 bits per heavy atom. The highest BCUT2D eigenvalue weighted by atomic mass is 14.3. The molecule has 0 nitrogen and oxygen atoms in total. The second-order valence-electron chi connectivity index (χ2n) is 6.85. The van der Waals surface area contributed by atoms with Crippen LogP contribution in [0.15, 0.2) is 48.5 Å². The lowest BCUT2D eigenvalue weighted by atomic mass is 9.72. The second kappa shape index (κ2) is 5.52. The maximum absolute atomic E-state index is 2.40. The highest BCUT2D eigenvalue weighted by Crippen LogP contribution is 2.37. The smallest absolute Gasteiger partial charge is 0.0100 e. The van der Waals surface area contributed by atoms with E-state index in [0.717, 1.165) is 0 Å². The van der Waals surface area contributed by atoms with Gasteiger partial charge in [-0.15, -0.1) is 0 Å². The molecular formula is C21H24. The van der Waals surface area contributed by atoms with E-state index in [1.54, 1.807) is 11.1 Å². The molecule has 0 saturated carbocycles. The van der Waals surface area contributed by atoms with Crippen molar-refractivity contribution < 1.29 is 0 Å². The molecule has 3 rings (SSSR count). The summed E-state index contributed by atoms with van der Waals surface area (Å²) in [5, 5.41) is 0. The number of benzene rings is 2. The maximum Gasteiger partial charge on any atom is -0.0100 e. The molecule has 0 saturated heterocycles. The van der Waals surface area contributed by atoms with E-state index in [1.165, 1.54) is 36.0 Å². The molecule has 0 heteroatoms.